The maximum Gasteiger partial charge on any atom is 0.161 e. The topological polar surface area (TPSA) is 17.1 Å². The Labute approximate surface area is 125 Å². The summed E-state index contributed by atoms with van der Waals surface area (Å²) in [6, 6.07) is 9.88. The molecule has 1 atom stereocenters. The lowest BCUT2D eigenvalue weighted by Crippen LogP contribution is -2.50. The summed E-state index contributed by atoms with van der Waals surface area (Å²) >= 11 is 6.54. The summed E-state index contributed by atoms with van der Waals surface area (Å²) in [5.41, 5.74) is 0.881. The first-order chi connectivity index (χ1) is 9.66. The molecule has 0 N–H and O–H groups in total. The van der Waals surface area contributed by atoms with E-state index in [9.17, 15) is 4.79 Å². The summed E-state index contributed by atoms with van der Waals surface area (Å²) in [6.45, 7) is 0. The van der Waals surface area contributed by atoms with Crippen molar-refractivity contribution in [1.82, 2.24) is 0 Å². The Morgan fingerprint density at radius 1 is 1.00 bits per heavy atom. The molecule has 4 aliphatic rings. The van der Waals surface area contributed by atoms with Gasteiger partial charge in [0.05, 0.1) is 0 Å². The number of hydrogen-bond donors (Lipinski definition) is 0. The number of benzene rings is 1. The van der Waals surface area contributed by atoms with Gasteiger partial charge in [0.2, 0.25) is 0 Å². The van der Waals surface area contributed by atoms with Crippen LogP contribution in [0.4, 0.5) is 0 Å². The van der Waals surface area contributed by atoms with Gasteiger partial charge in [-0.05, 0) is 61.8 Å². The first-order valence-electron chi connectivity index (χ1n) is 7.90. The van der Waals surface area contributed by atoms with Gasteiger partial charge in [0.15, 0.2) is 5.78 Å². The molecule has 0 radical (unpaired) electrons. The van der Waals surface area contributed by atoms with Gasteiger partial charge in [-0.15, -0.1) is 11.6 Å². The minimum absolute atomic E-state index is 0.0863. The van der Waals surface area contributed by atoms with Crippen LogP contribution in [0, 0.1) is 23.2 Å². The maximum atomic E-state index is 13.1. The van der Waals surface area contributed by atoms with Crippen molar-refractivity contribution in [2.75, 3.05) is 0 Å². The fraction of sp³-hybridized carbons (Fsp3) is 0.611. The predicted octanol–water partition coefficient (Wildman–Crippen LogP) is 4.75. The van der Waals surface area contributed by atoms with Gasteiger partial charge in [-0.3, -0.25) is 4.79 Å². The average Bonchev–Trinajstić information content (AvgIpc) is 2.45. The Morgan fingerprint density at radius 2 is 1.50 bits per heavy atom. The van der Waals surface area contributed by atoms with E-state index in [1.165, 1.54) is 19.3 Å². The van der Waals surface area contributed by atoms with Crippen molar-refractivity contribution in [2.24, 2.45) is 23.2 Å². The van der Waals surface area contributed by atoms with Crippen molar-refractivity contribution >= 4 is 17.4 Å². The van der Waals surface area contributed by atoms with Crippen molar-refractivity contribution in [2.45, 2.75) is 43.9 Å². The van der Waals surface area contributed by atoms with Crippen LogP contribution in [0.5, 0.6) is 0 Å². The highest BCUT2D eigenvalue weighted by Gasteiger charge is 2.55. The Balaban J connectivity index is 1.62. The van der Waals surface area contributed by atoms with Crippen LogP contribution in [0.15, 0.2) is 30.3 Å². The lowest BCUT2D eigenvalue weighted by Gasteiger charge is -2.56. The minimum atomic E-state index is -0.451. The molecule has 0 spiro atoms. The van der Waals surface area contributed by atoms with Crippen LogP contribution in [0.1, 0.15) is 49.5 Å². The van der Waals surface area contributed by atoms with E-state index in [-0.39, 0.29) is 5.41 Å². The van der Waals surface area contributed by atoms with Crippen molar-refractivity contribution in [3.8, 4) is 0 Å². The molecule has 0 saturated heterocycles. The van der Waals surface area contributed by atoms with Crippen LogP contribution in [-0.4, -0.2) is 5.78 Å². The van der Waals surface area contributed by atoms with Gasteiger partial charge in [-0.2, -0.15) is 0 Å². The highest BCUT2D eigenvalue weighted by atomic mass is 35.5. The van der Waals surface area contributed by atoms with E-state index in [1.807, 2.05) is 30.3 Å². The van der Waals surface area contributed by atoms with Crippen molar-refractivity contribution in [3.05, 3.63) is 35.9 Å². The molecule has 1 nitrogen and oxygen atoms in total. The van der Waals surface area contributed by atoms with Gasteiger partial charge in [0.25, 0.3) is 0 Å². The molecule has 4 bridgehead atoms. The van der Waals surface area contributed by atoms with Gasteiger partial charge < -0.3 is 0 Å². The van der Waals surface area contributed by atoms with Crippen LogP contribution in [0.2, 0.25) is 0 Å². The average molecular weight is 289 g/mol. The van der Waals surface area contributed by atoms with Gasteiger partial charge in [-0.1, -0.05) is 30.3 Å². The summed E-state index contributed by atoms with van der Waals surface area (Å²) in [5.74, 6) is 2.70. The van der Waals surface area contributed by atoms with Crippen LogP contribution in [-0.2, 0) is 4.79 Å². The monoisotopic (exact) mass is 288 g/mol. The molecule has 20 heavy (non-hydrogen) atoms. The number of halogens is 1. The molecule has 0 aromatic heterocycles. The lowest BCUT2D eigenvalue weighted by atomic mass is 9.48. The molecule has 2 heteroatoms. The third-order valence-corrected chi connectivity index (χ3v) is 6.33. The fourth-order valence-electron chi connectivity index (χ4n) is 5.45. The third kappa shape index (κ3) is 1.94. The molecule has 1 aromatic rings. The highest BCUT2D eigenvalue weighted by molar-refractivity contribution is 6.31. The van der Waals surface area contributed by atoms with E-state index in [0.29, 0.717) is 5.78 Å². The molecular formula is C18H21ClO. The first-order valence-corrected chi connectivity index (χ1v) is 8.33. The van der Waals surface area contributed by atoms with E-state index in [0.717, 1.165) is 42.6 Å². The summed E-state index contributed by atoms with van der Waals surface area (Å²) in [5, 5.41) is -0.451. The Kier molecular flexibility index (Phi) is 2.96. The number of ketones is 1. The van der Waals surface area contributed by atoms with Crippen LogP contribution in [0.3, 0.4) is 0 Å². The van der Waals surface area contributed by atoms with E-state index >= 15 is 0 Å². The minimum Gasteiger partial charge on any atom is -0.297 e. The number of alkyl halides is 1. The zero-order valence-corrected chi connectivity index (χ0v) is 12.5. The predicted molar refractivity (Wildman–Crippen MR) is 80.6 cm³/mol. The third-order valence-electron chi connectivity index (χ3n) is 5.88. The highest BCUT2D eigenvalue weighted by Crippen LogP contribution is 2.61. The summed E-state index contributed by atoms with van der Waals surface area (Å²) in [4.78, 5) is 13.1. The SMILES string of the molecule is O=C(C(Cl)c1ccccc1)C12CC3CC(CC(C3)C1)C2. The second kappa shape index (κ2) is 4.59. The van der Waals surface area contributed by atoms with E-state index in [4.69, 9.17) is 11.6 Å². The van der Waals surface area contributed by atoms with Crippen molar-refractivity contribution in [3.63, 3.8) is 0 Å². The Bertz CT molecular complexity index is 486. The molecule has 0 amide bonds. The maximum absolute atomic E-state index is 13.1. The van der Waals surface area contributed by atoms with E-state index < -0.39 is 5.38 Å². The van der Waals surface area contributed by atoms with Crippen LogP contribution in [0.25, 0.3) is 0 Å². The van der Waals surface area contributed by atoms with E-state index in [2.05, 4.69) is 0 Å². The molecule has 1 aromatic carbocycles. The molecule has 4 fully saturated rings. The molecule has 0 heterocycles. The number of carbonyl (C=O) groups is 1. The second-order valence-electron chi connectivity index (χ2n) is 7.34. The van der Waals surface area contributed by atoms with Crippen molar-refractivity contribution < 1.29 is 4.79 Å². The summed E-state index contributed by atoms with van der Waals surface area (Å²) < 4.78 is 0. The Hall–Kier alpha value is -0.820. The first kappa shape index (κ1) is 12.9. The normalized spacial score (nSPS) is 39.8. The van der Waals surface area contributed by atoms with Gasteiger partial charge in [0.1, 0.15) is 5.38 Å². The standard InChI is InChI=1S/C18H21ClO/c19-16(15-4-2-1-3-5-15)17(20)18-9-12-6-13(10-18)8-14(7-12)11-18/h1-5,12-14,16H,6-11H2. The van der Waals surface area contributed by atoms with E-state index in [1.54, 1.807) is 0 Å². The molecule has 0 aliphatic heterocycles. The van der Waals surface area contributed by atoms with Crippen LogP contribution < -0.4 is 0 Å². The molecule has 5 rings (SSSR count). The number of carbonyl (C=O) groups excluding carboxylic acids is 1. The molecular weight excluding hydrogens is 268 g/mol. The smallest absolute Gasteiger partial charge is 0.161 e. The Morgan fingerprint density at radius 3 is 2.00 bits per heavy atom. The summed E-state index contributed by atoms with van der Waals surface area (Å²) in [7, 11) is 0. The van der Waals surface area contributed by atoms with Crippen molar-refractivity contribution in [1.29, 1.82) is 0 Å². The van der Waals surface area contributed by atoms with Crippen LogP contribution >= 0.6 is 11.6 Å². The number of rotatable bonds is 3. The zero-order chi connectivity index (χ0) is 13.7. The molecule has 4 saturated carbocycles. The number of Topliss-reactive ketones (excluding diaryl/α,β-unsaturated/α-hetero) is 1. The molecule has 1 unspecified atom stereocenters. The largest absolute Gasteiger partial charge is 0.297 e. The quantitative estimate of drug-likeness (QED) is 0.734. The fourth-order valence-corrected chi connectivity index (χ4v) is 5.83. The number of hydrogen-bond acceptors (Lipinski definition) is 1. The van der Waals surface area contributed by atoms with Gasteiger partial charge >= 0.3 is 0 Å². The van der Waals surface area contributed by atoms with Gasteiger partial charge in [-0.25, -0.2) is 0 Å². The van der Waals surface area contributed by atoms with Gasteiger partial charge in [0, 0.05) is 5.41 Å². The zero-order valence-electron chi connectivity index (χ0n) is 11.7. The lowest BCUT2D eigenvalue weighted by molar-refractivity contribution is -0.143. The molecule has 106 valence electrons. The summed E-state index contributed by atoms with van der Waals surface area (Å²) in [6.07, 6.45) is 7.41. The molecule has 4 aliphatic carbocycles. The second-order valence-corrected chi connectivity index (χ2v) is 7.77.